The lowest BCUT2D eigenvalue weighted by molar-refractivity contribution is -0.139. The van der Waals surface area contributed by atoms with E-state index in [9.17, 15) is 14.7 Å². The highest BCUT2D eigenvalue weighted by atomic mass is 16.5. The van der Waals surface area contributed by atoms with Crippen molar-refractivity contribution in [1.29, 1.82) is 0 Å². The monoisotopic (exact) mass is 495 g/mol. The number of aryl methyl sites for hydroxylation is 2. The molecule has 1 aliphatic rings. The minimum atomic E-state index is -0.769. The van der Waals surface area contributed by atoms with E-state index in [0.717, 1.165) is 11.1 Å². The maximum Gasteiger partial charge on any atom is 0.295 e. The Kier molecular flexibility index (Phi) is 6.53. The standard InChI is InChI=1S/C30H29N3O4/c1-4-37-23-14-8-13-22(18-23)26-24(27(34)25-20(3)32-16-9-10-19(2)29(32)31-25)28(35)30(36)33(26)17-15-21-11-6-5-7-12-21/h5-14,16,18,26,34H,4,15,17H2,1-3H3/b27-24+. The molecule has 188 valence electrons. The highest BCUT2D eigenvalue weighted by Gasteiger charge is 2.46. The molecule has 7 heteroatoms. The molecular weight excluding hydrogens is 466 g/mol. The molecule has 0 saturated carbocycles. The van der Waals surface area contributed by atoms with E-state index in [0.29, 0.717) is 47.9 Å². The molecule has 1 N–H and O–H groups in total. The Labute approximate surface area is 215 Å². The zero-order valence-corrected chi connectivity index (χ0v) is 21.1. The van der Waals surface area contributed by atoms with Gasteiger partial charge in [0.25, 0.3) is 11.7 Å². The van der Waals surface area contributed by atoms with Gasteiger partial charge in [-0.05, 0) is 62.1 Å². The Morgan fingerprint density at radius 1 is 1.03 bits per heavy atom. The number of Topliss-reactive ketones (excluding diaryl/α,β-unsaturated/α-hetero) is 1. The van der Waals surface area contributed by atoms with Crippen molar-refractivity contribution >= 4 is 23.1 Å². The summed E-state index contributed by atoms with van der Waals surface area (Å²) in [6.07, 6.45) is 2.44. The van der Waals surface area contributed by atoms with E-state index in [1.165, 1.54) is 0 Å². The minimum Gasteiger partial charge on any atom is -0.505 e. The van der Waals surface area contributed by atoms with Crippen molar-refractivity contribution < 1.29 is 19.4 Å². The molecule has 1 fully saturated rings. The molecular formula is C30H29N3O4. The number of carbonyl (C=O) groups is 2. The van der Waals surface area contributed by atoms with E-state index in [2.05, 4.69) is 4.98 Å². The van der Waals surface area contributed by atoms with Crippen LogP contribution in [-0.4, -0.2) is 44.2 Å². The highest BCUT2D eigenvalue weighted by Crippen LogP contribution is 2.40. The molecule has 0 radical (unpaired) electrons. The summed E-state index contributed by atoms with van der Waals surface area (Å²) in [5, 5.41) is 11.6. The van der Waals surface area contributed by atoms with Gasteiger partial charge in [0.2, 0.25) is 0 Å². The minimum absolute atomic E-state index is 0.0378. The fraction of sp³-hybridized carbons (Fsp3) is 0.233. The lowest BCUT2D eigenvalue weighted by Gasteiger charge is -2.25. The number of fused-ring (bicyclic) bond motifs is 1. The number of aliphatic hydroxyl groups is 1. The molecule has 1 saturated heterocycles. The maximum atomic E-state index is 13.5. The number of aliphatic hydroxyl groups excluding tert-OH is 1. The van der Waals surface area contributed by atoms with Crippen molar-refractivity contribution in [3.8, 4) is 5.75 Å². The number of rotatable bonds is 7. The van der Waals surface area contributed by atoms with Crippen LogP contribution in [-0.2, 0) is 16.0 Å². The third-order valence-corrected chi connectivity index (χ3v) is 6.82. The van der Waals surface area contributed by atoms with Gasteiger partial charge in [0.05, 0.1) is 23.9 Å². The molecule has 7 nitrogen and oxygen atoms in total. The van der Waals surface area contributed by atoms with E-state index in [1.807, 2.05) is 98.1 Å². The number of carbonyl (C=O) groups excluding carboxylic acids is 2. The fourth-order valence-electron chi connectivity index (χ4n) is 4.97. The van der Waals surface area contributed by atoms with Gasteiger partial charge in [0, 0.05) is 12.7 Å². The third-order valence-electron chi connectivity index (χ3n) is 6.82. The van der Waals surface area contributed by atoms with Gasteiger partial charge in [-0.1, -0.05) is 48.5 Å². The summed E-state index contributed by atoms with van der Waals surface area (Å²) in [6.45, 7) is 6.47. The summed E-state index contributed by atoms with van der Waals surface area (Å²) in [5.74, 6) is -0.992. The van der Waals surface area contributed by atoms with Gasteiger partial charge >= 0.3 is 0 Å². The van der Waals surface area contributed by atoms with Crippen LogP contribution in [0.4, 0.5) is 0 Å². The molecule has 4 aromatic rings. The smallest absolute Gasteiger partial charge is 0.295 e. The summed E-state index contributed by atoms with van der Waals surface area (Å²) in [7, 11) is 0. The fourth-order valence-corrected chi connectivity index (χ4v) is 4.97. The number of imidazole rings is 1. The van der Waals surface area contributed by atoms with Crippen LogP contribution in [0.5, 0.6) is 5.75 Å². The lowest BCUT2D eigenvalue weighted by atomic mass is 9.96. The van der Waals surface area contributed by atoms with Crippen LogP contribution in [0.15, 0.2) is 78.5 Å². The second kappa shape index (κ2) is 9.93. The number of likely N-dealkylation sites (tertiary alicyclic amines) is 1. The van der Waals surface area contributed by atoms with E-state index in [1.54, 1.807) is 4.90 Å². The van der Waals surface area contributed by atoms with Gasteiger partial charge in [-0.25, -0.2) is 4.98 Å². The van der Waals surface area contributed by atoms with Crippen LogP contribution in [0.3, 0.4) is 0 Å². The largest absolute Gasteiger partial charge is 0.505 e. The summed E-state index contributed by atoms with van der Waals surface area (Å²) in [6, 6.07) is 20.2. The van der Waals surface area contributed by atoms with Crippen molar-refractivity contribution in [3.63, 3.8) is 0 Å². The summed E-state index contributed by atoms with van der Waals surface area (Å²) < 4.78 is 7.57. The van der Waals surface area contributed by atoms with Crippen LogP contribution in [0.1, 0.15) is 41.0 Å². The zero-order valence-electron chi connectivity index (χ0n) is 21.1. The van der Waals surface area contributed by atoms with Crippen molar-refractivity contribution in [2.24, 2.45) is 0 Å². The summed E-state index contributed by atoms with van der Waals surface area (Å²) in [5.41, 5.74) is 4.39. The lowest BCUT2D eigenvalue weighted by Crippen LogP contribution is -2.31. The molecule has 0 spiro atoms. The molecule has 5 rings (SSSR count). The van der Waals surface area contributed by atoms with Gasteiger partial charge in [0.15, 0.2) is 5.76 Å². The maximum absolute atomic E-state index is 13.5. The molecule has 1 atom stereocenters. The van der Waals surface area contributed by atoms with Gasteiger partial charge < -0.3 is 19.1 Å². The van der Waals surface area contributed by atoms with Crippen LogP contribution in [0, 0.1) is 13.8 Å². The molecule has 0 bridgehead atoms. The second-order valence-electron chi connectivity index (χ2n) is 9.16. The zero-order chi connectivity index (χ0) is 26.1. The first kappa shape index (κ1) is 24.3. The van der Waals surface area contributed by atoms with Gasteiger partial charge in [-0.2, -0.15) is 0 Å². The third kappa shape index (κ3) is 4.37. The van der Waals surface area contributed by atoms with Gasteiger partial charge in [0.1, 0.15) is 17.1 Å². The Bertz CT molecular complexity index is 1520. The SMILES string of the molecule is CCOc1cccc(C2/C(=C(\O)c3nc4c(C)cccn4c3C)C(=O)C(=O)N2CCc2ccccc2)c1. The first-order chi connectivity index (χ1) is 17.9. The molecule has 37 heavy (non-hydrogen) atoms. The Morgan fingerprint density at radius 2 is 1.81 bits per heavy atom. The Hall–Kier alpha value is -4.39. The number of pyridine rings is 1. The van der Waals surface area contributed by atoms with E-state index >= 15 is 0 Å². The van der Waals surface area contributed by atoms with E-state index < -0.39 is 17.7 Å². The quantitative estimate of drug-likeness (QED) is 0.221. The highest BCUT2D eigenvalue weighted by molar-refractivity contribution is 6.46. The Morgan fingerprint density at radius 3 is 2.54 bits per heavy atom. The Balaban J connectivity index is 1.65. The predicted octanol–water partition coefficient (Wildman–Crippen LogP) is 5.01. The number of aromatic nitrogens is 2. The number of ether oxygens (including phenoxy) is 1. The van der Waals surface area contributed by atoms with Crippen molar-refractivity contribution in [3.05, 3.63) is 107 Å². The number of nitrogens with zero attached hydrogens (tertiary/aromatic N) is 3. The number of amides is 1. The first-order valence-electron chi connectivity index (χ1n) is 12.4. The number of hydrogen-bond acceptors (Lipinski definition) is 5. The van der Waals surface area contributed by atoms with Crippen LogP contribution >= 0.6 is 0 Å². The van der Waals surface area contributed by atoms with Crippen LogP contribution < -0.4 is 4.74 Å². The van der Waals surface area contributed by atoms with Gasteiger partial charge in [-0.15, -0.1) is 0 Å². The van der Waals surface area contributed by atoms with Crippen LogP contribution in [0.25, 0.3) is 11.4 Å². The summed E-state index contributed by atoms with van der Waals surface area (Å²) in [4.78, 5) is 33.0. The average molecular weight is 496 g/mol. The topological polar surface area (TPSA) is 84.1 Å². The molecule has 3 heterocycles. The second-order valence-corrected chi connectivity index (χ2v) is 9.16. The average Bonchev–Trinajstić information content (AvgIpc) is 3.38. The number of benzene rings is 2. The molecule has 1 aliphatic heterocycles. The molecule has 1 amide bonds. The number of ketones is 1. The number of hydrogen-bond donors (Lipinski definition) is 1. The normalized spacial score (nSPS) is 17.1. The van der Waals surface area contributed by atoms with Crippen molar-refractivity contribution in [2.75, 3.05) is 13.2 Å². The van der Waals surface area contributed by atoms with Crippen LogP contribution in [0.2, 0.25) is 0 Å². The molecule has 2 aromatic carbocycles. The predicted molar refractivity (Wildman–Crippen MR) is 141 cm³/mol. The molecule has 0 aliphatic carbocycles. The van der Waals surface area contributed by atoms with Crippen molar-refractivity contribution in [2.45, 2.75) is 33.2 Å². The molecule has 1 unspecified atom stereocenters. The first-order valence-corrected chi connectivity index (χ1v) is 12.4. The van der Waals surface area contributed by atoms with E-state index in [4.69, 9.17) is 4.74 Å². The van der Waals surface area contributed by atoms with Crippen molar-refractivity contribution in [1.82, 2.24) is 14.3 Å². The van der Waals surface area contributed by atoms with Gasteiger partial charge in [-0.3, -0.25) is 9.59 Å². The van der Waals surface area contributed by atoms with E-state index in [-0.39, 0.29) is 11.3 Å². The molecule has 2 aromatic heterocycles. The summed E-state index contributed by atoms with van der Waals surface area (Å²) >= 11 is 0.